The summed E-state index contributed by atoms with van der Waals surface area (Å²) in [5.41, 5.74) is 0.775. The van der Waals surface area contributed by atoms with Gasteiger partial charge in [-0.15, -0.1) is 0 Å². The van der Waals surface area contributed by atoms with Crippen LogP contribution in [0.4, 0.5) is 5.69 Å². The summed E-state index contributed by atoms with van der Waals surface area (Å²) in [5.74, 6) is -0.606. The molecule has 3 aromatic rings. The van der Waals surface area contributed by atoms with E-state index in [1.807, 2.05) is 60.7 Å². The number of aliphatic carboxylic acids is 1. The van der Waals surface area contributed by atoms with Crippen LogP contribution < -0.4 is 9.80 Å². The maximum absolute atomic E-state index is 13.7. The average molecular weight is 372 g/mol. The SMILES string of the molecule is COc1ccc2c(c1)C(C(=O)O)=CC(c1ccccc1)(c1ccccc1)N2[O]. The molecular weight excluding hydrogens is 354 g/mol. The van der Waals surface area contributed by atoms with Crippen LogP contribution in [0.25, 0.3) is 5.57 Å². The number of hydrogen-bond acceptors (Lipinski definition) is 3. The number of carboxylic acid groups (broad SMARTS) is 1. The number of benzene rings is 3. The van der Waals surface area contributed by atoms with Gasteiger partial charge in [0.1, 0.15) is 11.3 Å². The number of hydrogen-bond donors (Lipinski definition) is 1. The lowest BCUT2D eigenvalue weighted by Gasteiger charge is -2.42. The van der Waals surface area contributed by atoms with Crippen molar-refractivity contribution in [3.63, 3.8) is 0 Å². The molecule has 0 aromatic heterocycles. The summed E-state index contributed by atoms with van der Waals surface area (Å²) in [5, 5.41) is 24.6. The van der Waals surface area contributed by atoms with Crippen LogP contribution >= 0.6 is 0 Å². The Morgan fingerprint density at radius 2 is 1.50 bits per heavy atom. The van der Waals surface area contributed by atoms with Crippen molar-refractivity contribution < 1.29 is 19.8 Å². The summed E-state index contributed by atoms with van der Waals surface area (Å²) in [4.78, 5) is 12.1. The van der Waals surface area contributed by atoms with Crippen molar-refractivity contribution >= 4 is 17.2 Å². The van der Waals surface area contributed by atoms with E-state index in [0.29, 0.717) is 22.4 Å². The Morgan fingerprint density at radius 1 is 0.929 bits per heavy atom. The van der Waals surface area contributed by atoms with Crippen LogP contribution in [-0.4, -0.2) is 18.2 Å². The van der Waals surface area contributed by atoms with Gasteiger partial charge in [-0.25, -0.2) is 9.86 Å². The Kier molecular flexibility index (Phi) is 4.37. The number of ether oxygens (including phenoxy) is 1. The van der Waals surface area contributed by atoms with Gasteiger partial charge in [-0.3, -0.25) is 0 Å². The summed E-state index contributed by atoms with van der Waals surface area (Å²) in [6.45, 7) is 0. The van der Waals surface area contributed by atoms with E-state index in [9.17, 15) is 15.1 Å². The lowest BCUT2D eigenvalue weighted by molar-refractivity contribution is -0.130. The second-order valence-electron chi connectivity index (χ2n) is 6.54. The molecule has 5 heteroatoms. The number of hydroxylamine groups is 1. The Morgan fingerprint density at radius 3 is 2.00 bits per heavy atom. The lowest BCUT2D eigenvalue weighted by atomic mass is 9.77. The van der Waals surface area contributed by atoms with Gasteiger partial charge in [-0.1, -0.05) is 65.9 Å². The minimum absolute atomic E-state index is 0.0636. The van der Waals surface area contributed by atoms with Crippen molar-refractivity contribution in [2.75, 3.05) is 12.2 Å². The molecule has 0 spiro atoms. The first-order valence-corrected chi connectivity index (χ1v) is 8.81. The molecule has 0 aliphatic carbocycles. The minimum Gasteiger partial charge on any atom is -0.497 e. The predicted molar refractivity (Wildman–Crippen MR) is 105 cm³/mol. The van der Waals surface area contributed by atoms with E-state index in [1.165, 1.54) is 13.2 Å². The molecule has 0 atom stereocenters. The molecule has 0 saturated heterocycles. The van der Waals surface area contributed by atoms with E-state index >= 15 is 0 Å². The quantitative estimate of drug-likeness (QED) is 0.742. The smallest absolute Gasteiger partial charge is 0.336 e. The highest BCUT2D eigenvalue weighted by Gasteiger charge is 2.45. The Balaban J connectivity index is 2.07. The van der Waals surface area contributed by atoms with E-state index in [1.54, 1.807) is 18.2 Å². The molecule has 5 nitrogen and oxygen atoms in total. The number of nitrogens with zero attached hydrogens (tertiary/aromatic N) is 1. The zero-order chi connectivity index (χ0) is 19.7. The van der Waals surface area contributed by atoms with E-state index < -0.39 is 11.5 Å². The van der Waals surface area contributed by atoms with Crippen molar-refractivity contribution in [3.8, 4) is 5.75 Å². The maximum Gasteiger partial charge on any atom is 0.336 e. The first-order chi connectivity index (χ1) is 13.6. The molecule has 1 radical (unpaired) electrons. The van der Waals surface area contributed by atoms with Gasteiger partial charge in [0.05, 0.1) is 18.4 Å². The number of carboxylic acids is 1. The van der Waals surface area contributed by atoms with Crippen molar-refractivity contribution in [1.29, 1.82) is 0 Å². The molecule has 0 bridgehead atoms. The fourth-order valence-electron chi connectivity index (χ4n) is 3.70. The summed E-state index contributed by atoms with van der Waals surface area (Å²) in [6.07, 6.45) is 1.54. The fourth-order valence-corrected chi connectivity index (χ4v) is 3.70. The summed E-state index contributed by atoms with van der Waals surface area (Å²) >= 11 is 0. The van der Waals surface area contributed by atoms with Crippen LogP contribution in [0.3, 0.4) is 0 Å². The Labute approximate surface area is 162 Å². The zero-order valence-corrected chi connectivity index (χ0v) is 15.2. The molecular formula is C23H18NO4. The number of fused-ring (bicyclic) bond motifs is 1. The van der Waals surface area contributed by atoms with E-state index in [-0.39, 0.29) is 11.3 Å². The molecule has 1 aliphatic rings. The second kappa shape index (κ2) is 6.87. The summed E-state index contributed by atoms with van der Waals surface area (Å²) < 4.78 is 5.22. The van der Waals surface area contributed by atoms with Crippen molar-refractivity contribution in [2.45, 2.75) is 5.54 Å². The Bertz CT molecular complexity index is 1010. The molecule has 1 aliphatic heterocycles. The molecule has 0 unspecified atom stereocenters. The van der Waals surface area contributed by atoms with Gasteiger partial charge >= 0.3 is 5.97 Å². The topological polar surface area (TPSA) is 69.7 Å². The van der Waals surface area contributed by atoms with Crippen LogP contribution in [0.2, 0.25) is 0 Å². The first kappa shape index (κ1) is 17.8. The monoisotopic (exact) mass is 372 g/mol. The summed E-state index contributed by atoms with van der Waals surface area (Å²) in [6, 6.07) is 23.3. The van der Waals surface area contributed by atoms with E-state index in [0.717, 1.165) is 5.06 Å². The lowest BCUT2D eigenvalue weighted by Crippen LogP contribution is -2.46. The molecule has 0 amide bonds. The van der Waals surface area contributed by atoms with Gasteiger partial charge in [0.25, 0.3) is 0 Å². The average Bonchev–Trinajstić information content (AvgIpc) is 2.75. The van der Waals surface area contributed by atoms with Crippen LogP contribution in [0, 0.1) is 0 Å². The van der Waals surface area contributed by atoms with Gasteiger partial charge in [0.2, 0.25) is 0 Å². The second-order valence-corrected chi connectivity index (χ2v) is 6.54. The maximum atomic E-state index is 13.7. The predicted octanol–water partition coefficient (Wildman–Crippen LogP) is 4.27. The van der Waals surface area contributed by atoms with Gasteiger partial charge in [-0.2, -0.15) is 0 Å². The fraction of sp³-hybridized carbons (Fsp3) is 0.0870. The van der Waals surface area contributed by atoms with E-state index in [2.05, 4.69) is 0 Å². The molecule has 1 N–H and O–H groups in total. The zero-order valence-electron chi connectivity index (χ0n) is 15.2. The largest absolute Gasteiger partial charge is 0.497 e. The summed E-state index contributed by atoms with van der Waals surface area (Å²) in [7, 11) is 1.50. The molecule has 0 fully saturated rings. The van der Waals surface area contributed by atoms with Gasteiger partial charge in [-0.05, 0) is 35.4 Å². The third-order valence-corrected chi connectivity index (χ3v) is 5.04. The minimum atomic E-state index is -1.29. The van der Waals surface area contributed by atoms with Crippen LogP contribution in [0.15, 0.2) is 84.9 Å². The van der Waals surface area contributed by atoms with Gasteiger partial charge in [0.15, 0.2) is 0 Å². The highest BCUT2D eigenvalue weighted by molar-refractivity contribution is 6.18. The van der Waals surface area contributed by atoms with Crippen molar-refractivity contribution in [1.82, 2.24) is 0 Å². The molecule has 28 heavy (non-hydrogen) atoms. The van der Waals surface area contributed by atoms with Crippen LogP contribution in [0.5, 0.6) is 5.75 Å². The van der Waals surface area contributed by atoms with Crippen molar-refractivity contribution in [3.05, 3.63) is 102 Å². The normalized spacial score (nSPS) is 14.8. The Hall–Kier alpha value is -3.57. The molecule has 1 heterocycles. The first-order valence-electron chi connectivity index (χ1n) is 8.81. The third kappa shape index (κ3) is 2.64. The third-order valence-electron chi connectivity index (χ3n) is 5.04. The van der Waals surface area contributed by atoms with Crippen LogP contribution in [0.1, 0.15) is 16.7 Å². The molecule has 0 saturated carbocycles. The number of rotatable bonds is 4. The standard InChI is InChI=1S/C23H18NO4/c1-28-18-12-13-21-19(14-18)20(22(25)26)15-23(24(21)27,16-8-4-2-5-9-16)17-10-6-3-7-11-17/h2-15H,1H3,(H,25,26). The number of carbonyl (C=O) groups is 1. The van der Waals surface area contributed by atoms with Crippen LogP contribution in [-0.2, 0) is 15.5 Å². The molecule has 4 rings (SSSR count). The molecule has 139 valence electrons. The van der Waals surface area contributed by atoms with Gasteiger partial charge in [0, 0.05) is 5.56 Å². The highest BCUT2D eigenvalue weighted by atomic mass is 16.5. The van der Waals surface area contributed by atoms with Crippen molar-refractivity contribution in [2.24, 2.45) is 0 Å². The number of anilines is 1. The number of methoxy groups -OCH3 is 1. The molecule has 3 aromatic carbocycles. The highest BCUT2D eigenvalue weighted by Crippen LogP contribution is 2.48. The van der Waals surface area contributed by atoms with E-state index in [4.69, 9.17) is 4.74 Å². The van der Waals surface area contributed by atoms with Gasteiger partial charge < -0.3 is 9.84 Å².